The highest BCUT2D eigenvalue weighted by atomic mass is 16.5. The van der Waals surface area contributed by atoms with Crippen molar-refractivity contribution in [1.29, 1.82) is 0 Å². The van der Waals surface area contributed by atoms with E-state index in [0.29, 0.717) is 5.54 Å². The van der Waals surface area contributed by atoms with Crippen LogP contribution in [0.15, 0.2) is 18.2 Å². The summed E-state index contributed by atoms with van der Waals surface area (Å²) in [7, 11) is 0. The number of hydrogen-bond donors (Lipinski definition) is 1. The largest absolute Gasteiger partial charge is 0.493 e. The van der Waals surface area contributed by atoms with E-state index in [2.05, 4.69) is 35.3 Å². The quantitative estimate of drug-likeness (QED) is 0.918. The number of ether oxygens (including phenoxy) is 1. The number of nitrogens with zero attached hydrogens (tertiary/aromatic N) is 1. The second-order valence-electron chi connectivity index (χ2n) is 7.09. The third-order valence-corrected chi connectivity index (χ3v) is 5.64. The molecular formula is C18H26N2O. The fourth-order valence-corrected chi connectivity index (χ4v) is 4.06. The lowest BCUT2D eigenvalue weighted by Crippen LogP contribution is -2.61. The molecule has 1 saturated carbocycles. The van der Waals surface area contributed by atoms with Crippen LogP contribution in [0.2, 0.25) is 0 Å². The Labute approximate surface area is 127 Å². The molecule has 1 aliphatic carbocycles. The Kier molecular flexibility index (Phi) is 3.43. The van der Waals surface area contributed by atoms with Gasteiger partial charge in [0.15, 0.2) is 0 Å². The van der Waals surface area contributed by atoms with E-state index < -0.39 is 0 Å². The maximum Gasteiger partial charge on any atom is 0.122 e. The number of hydrogen-bond acceptors (Lipinski definition) is 3. The number of benzene rings is 1. The third kappa shape index (κ3) is 2.58. The first kappa shape index (κ1) is 13.6. The molecule has 0 spiro atoms. The second-order valence-corrected chi connectivity index (χ2v) is 7.09. The Morgan fingerprint density at radius 1 is 1.38 bits per heavy atom. The summed E-state index contributed by atoms with van der Waals surface area (Å²) < 4.78 is 5.60. The van der Waals surface area contributed by atoms with E-state index in [4.69, 9.17) is 4.74 Å². The highest BCUT2D eigenvalue weighted by Crippen LogP contribution is 2.43. The lowest BCUT2D eigenvalue weighted by Gasteiger charge is -2.46. The smallest absolute Gasteiger partial charge is 0.122 e. The van der Waals surface area contributed by atoms with E-state index >= 15 is 0 Å². The first-order chi connectivity index (χ1) is 10.3. The summed E-state index contributed by atoms with van der Waals surface area (Å²) in [6, 6.07) is 6.77. The van der Waals surface area contributed by atoms with Crippen LogP contribution in [0.3, 0.4) is 0 Å². The molecule has 1 aromatic carbocycles. The first-order valence-electron chi connectivity index (χ1n) is 8.46. The van der Waals surface area contributed by atoms with Crippen LogP contribution in [0.25, 0.3) is 0 Å². The summed E-state index contributed by atoms with van der Waals surface area (Å²) in [5.74, 6) is 2.02. The van der Waals surface area contributed by atoms with Crippen LogP contribution in [0.4, 0.5) is 0 Å². The maximum absolute atomic E-state index is 5.60. The summed E-state index contributed by atoms with van der Waals surface area (Å²) in [6.07, 6.45) is 5.09. The van der Waals surface area contributed by atoms with Gasteiger partial charge in [0.2, 0.25) is 0 Å². The van der Waals surface area contributed by atoms with Crippen molar-refractivity contribution < 1.29 is 4.74 Å². The molecule has 1 saturated heterocycles. The van der Waals surface area contributed by atoms with Gasteiger partial charge in [-0.15, -0.1) is 0 Å². The highest BCUT2D eigenvalue weighted by Gasteiger charge is 2.46. The highest BCUT2D eigenvalue weighted by molar-refractivity contribution is 5.39. The summed E-state index contributed by atoms with van der Waals surface area (Å²) >= 11 is 0. The van der Waals surface area contributed by atoms with Crippen LogP contribution in [0.5, 0.6) is 5.75 Å². The summed E-state index contributed by atoms with van der Waals surface area (Å²) in [5.41, 5.74) is 3.26. The molecule has 21 heavy (non-hydrogen) atoms. The van der Waals surface area contributed by atoms with E-state index in [1.54, 1.807) is 0 Å². The van der Waals surface area contributed by atoms with Crippen molar-refractivity contribution in [2.45, 2.75) is 38.1 Å². The lowest BCUT2D eigenvalue weighted by atomic mass is 9.90. The van der Waals surface area contributed by atoms with Crippen molar-refractivity contribution in [3.8, 4) is 5.75 Å². The van der Waals surface area contributed by atoms with Crippen molar-refractivity contribution in [2.24, 2.45) is 5.92 Å². The molecule has 0 bridgehead atoms. The van der Waals surface area contributed by atoms with E-state index in [1.807, 2.05) is 0 Å². The van der Waals surface area contributed by atoms with Gasteiger partial charge in [-0.25, -0.2) is 0 Å². The van der Waals surface area contributed by atoms with E-state index in [-0.39, 0.29) is 0 Å². The predicted octanol–water partition coefficient (Wildman–Crippen LogP) is 2.24. The summed E-state index contributed by atoms with van der Waals surface area (Å²) in [6.45, 7) is 8.01. The molecule has 2 heterocycles. The van der Waals surface area contributed by atoms with E-state index in [0.717, 1.165) is 44.2 Å². The maximum atomic E-state index is 5.60. The fraction of sp³-hybridized carbons (Fsp3) is 0.667. The van der Waals surface area contributed by atoms with Crippen molar-refractivity contribution in [3.05, 3.63) is 29.3 Å². The van der Waals surface area contributed by atoms with Gasteiger partial charge in [-0.2, -0.15) is 0 Å². The van der Waals surface area contributed by atoms with Gasteiger partial charge in [-0.3, -0.25) is 4.90 Å². The van der Waals surface area contributed by atoms with Gasteiger partial charge in [0, 0.05) is 38.1 Å². The standard InChI is InChI=1S/C18H26N2O/c1-18(16-3-4-16)13-19-8-10-20(18)9-6-14-2-5-17-15(12-14)7-11-21-17/h2,5,12,16,19H,3-4,6-11,13H2,1H3. The van der Waals surface area contributed by atoms with Gasteiger partial charge < -0.3 is 10.1 Å². The van der Waals surface area contributed by atoms with Crippen LogP contribution >= 0.6 is 0 Å². The zero-order chi connectivity index (χ0) is 14.3. The molecule has 3 nitrogen and oxygen atoms in total. The van der Waals surface area contributed by atoms with Crippen LogP contribution in [0, 0.1) is 5.92 Å². The Morgan fingerprint density at radius 2 is 2.29 bits per heavy atom. The van der Waals surface area contributed by atoms with Gasteiger partial charge in [-0.1, -0.05) is 12.1 Å². The number of piperazine rings is 1. The Morgan fingerprint density at radius 3 is 3.14 bits per heavy atom. The van der Waals surface area contributed by atoms with Gasteiger partial charge in [0.25, 0.3) is 0 Å². The molecule has 1 unspecified atom stereocenters. The van der Waals surface area contributed by atoms with Gasteiger partial charge in [0.1, 0.15) is 5.75 Å². The fourth-order valence-electron chi connectivity index (χ4n) is 4.06. The Bertz CT molecular complexity index is 526. The van der Waals surface area contributed by atoms with Crippen LogP contribution < -0.4 is 10.1 Å². The van der Waals surface area contributed by atoms with Crippen LogP contribution in [0.1, 0.15) is 30.9 Å². The molecule has 0 aromatic heterocycles. The minimum Gasteiger partial charge on any atom is -0.493 e. The van der Waals surface area contributed by atoms with Crippen molar-refractivity contribution in [1.82, 2.24) is 10.2 Å². The zero-order valence-electron chi connectivity index (χ0n) is 13.0. The molecule has 2 aliphatic heterocycles. The topological polar surface area (TPSA) is 24.5 Å². The molecular weight excluding hydrogens is 260 g/mol. The number of rotatable bonds is 4. The summed E-state index contributed by atoms with van der Waals surface area (Å²) in [5, 5.41) is 3.60. The molecule has 3 aliphatic rings. The van der Waals surface area contributed by atoms with Crippen LogP contribution in [-0.4, -0.2) is 43.2 Å². The van der Waals surface area contributed by atoms with E-state index in [1.165, 1.54) is 37.1 Å². The molecule has 114 valence electrons. The number of fused-ring (bicyclic) bond motifs is 1. The molecule has 2 fully saturated rings. The minimum atomic E-state index is 0.387. The molecule has 1 aromatic rings. The number of nitrogens with one attached hydrogen (secondary N) is 1. The van der Waals surface area contributed by atoms with Crippen LogP contribution in [-0.2, 0) is 12.8 Å². The third-order valence-electron chi connectivity index (χ3n) is 5.64. The van der Waals surface area contributed by atoms with Gasteiger partial charge in [-0.05, 0) is 49.3 Å². The van der Waals surface area contributed by atoms with Crippen molar-refractivity contribution >= 4 is 0 Å². The molecule has 3 heteroatoms. The Balaban J connectivity index is 1.43. The zero-order valence-corrected chi connectivity index (χ0v) is 13.0. The van der Waals surface area contributed by atoms with E-state index in [9.17, 15) is 0 Å². The average Bonchev–Trinajstić information content (AvgIpc) is 3.26. The van der Waals surface area contributed by atoms with Crippen molar-refractivity contribution in [3.63, 3.8) is 0 Å². The molecule has 0 radical (unpaired) electrons. The normalized spacial score (nSPS) is 29.2. The molecule has 1 N–H and O–H groups in total. The second kappa shape index (κ2) is 5.29. The SMILES string of the molecule is CC1(C2CC2)CNCCN1CCc1ccc2c(c1)CCO2. The lowest BCUT2D eigenvalue weighted by molar-refractivity contribution is 0.0571. The monoisotopic (exact) mass is 286 g/mol. The molecule has 0 amide bonds. The molecule has 4 rings (SSSR count). The summed E-state index contributed by atoms with van der Waals surface area (Å²) in [4.78, 5) is 2.74. The predicted molar refractivity (Wildman–Crippen MR) is 84.9 cm³/mol. The average molecular weight is 286 g/mol. The van der Waals surface area contributed by atoms with Gasteiger partial charge >= 0.3 is 0 Å². The Hall–Kier alpha value is -1.06. The van der Waals surface area contributed by atoms with Crippen molar-refractivity contribution in [2.75, 3.05) is 32.8 Å². The first-order valence-corrected chi connectivity index (χ1v) is 8.46. The molecule has 1 atom stereocenters. The van der Waals surface area contributed by atoms with Gasteiger partial charge in [0.05, 0.1) is 6.61 Å². The minimum absolute atomic E-state index is 0.387.